The molecule has 1 heterocycles. The fraction of sp³-hybridized carbons (Fsp3) is 0.167. The average molecular weight is 312 g/mol. The number of aliphatic carboxylic acids is 1. The summed E-state index contributed by atoms with van der Waals surface area (Å²) in [5.74, 6) is -1.43. The van der Waals surface area contributed by atoms with Crippen molar-refractivity contribution in [2.24, 2.45) is 0 Å². The summed E-state index contributed by atoms with van der Waals surface area (Å²) in [6.45, 7) is 0. The predicted octanol–water partition coefficient (Wildman–Crippen LogP) is 2.66. The van der Waals surface area contributed by atoms with Crippen LogP contribution in [-0.2, 0) is 9.59 Å². The average Bonchev–Trinajstić information content (AvgIpc) is 2.85. The highest BCUT2D eigenvalue weighted by Gasteiger charge is 2.12. The molecule has 0 unspecified atom stereocenters. The Morgan fingerprint density at radius 2 is 2.00 bits per heavy atom. The maximum absolute atomic E-state index is 11.5. The van der Waals surface area contributed by atoms with E-state index in [1.54, 1.807) is 12.1 Å². The van der Waals surface area contributed by atoms with E-state index in [-0.39, 0.29) is 12.8 Å². The molecule has 0 aliphatic heterocycles. The molecule has 2 aromatic rings. The molecule has 0 atom stereocenters. The first-order valence-electron chi connectivity index (χ1n) is 5.66. The maximum Gasteiger partial charge on any atom is 0.303 e. The number of hydrogen-bond acceptors (Lipinski definition) is 5. The van der Waals surface area contributed by atoms with Crippen LogP contribution in [0.1, 0.15) is 12.8 Å². The SMILES string of the molecule is O=C(O)CCC(=O)Nc1nnc(-c2ccccc2Cl)s1. The fourth-order valence-corrected chi connectivity index (χ4v) is 2.50. The normalized spacial score (nSPS) is 10.2. The molecule has 0 saturated carbocycles. The van der Waals surface area contributed by atoms with Crippen molar-refractivity contribution in [1.29, 1.82) is 0 Å². The lowest BCUT2D eigenvalue weighted by atomic mass is 10.2. The quantitative estimate of drug-likeness (QED) is 0.885. The lowest BCUT2D eigenvalue weighted by molar-refractivity contribution is -0.138. The van der Waals surface area contributed by atoms with Crippen LogP contribution in [0.3, 0.4) is 0 Å². The van der Waals surface area contributed by atoms with E-state index in [9.17, 15) is 9.59 Å². The standard InChI is InChI=1S/C12H10ClN3O3S/c13-8-4-2-1-3-7(8)11-15-16-12(20-11)14-9(17)5-6-10(18)19/h1-4H,5-6H2,(H,18,19)(H,14,16,17). The van der Waals surface area contributed by atoms with Crippen molar-refractivity contribution in [2.45, 2.75) is 12.8 Å². The van der Waals surface area contributed by atoms with E-state index in [2.05, 4.69) is 15.5 Å². The number of halogens is 1. The van der Waals surface area contributed by atoms with Gasteiger partial charge in [-0.3, -0.25) is 9.59 Å². The van der Waals surface area contributed by atoms with Crippen LogP contribution in [-0.4, -0.2) is 27.2 Å². The Balaban J connectivity index is 2.04. The monoisotopic (exact) mass is 311 g/mol. The van der Waals surface area contributed by atoms with Gasteiger partial charge in [-0.2, -0.15) is 0 Å². The molecule has 1 aromatic heterocycles. The molecule has 0 bridgehead atoms. The zero-order valence-corrected chi connectivity index (χ0v) is 11.7. The minimum atomic E-state index is -1.02. The topological polar surface area (TPSA) is 92.2 Å². The third kappa shape index (κ3) is 3.75. The number of aromatic nitrogens is 2. The Labute approximate surface area is 123 Å². The van der Waals surface area contributed by atoms with Gasteiger partial charge in [0.15, 0.2) is 5.01 Å². The lowest BCUT2D eigenvalue weighted by Crippen LogP contribution is -2.12. The van der Waals surface area contributed by atoms with Crippen LogP contribution in [0, 0.1) is 0 Å². The van der Waals surface area contributed by atoms with Crippen molar-refractivity contribution in [3.63, 3.8) is 0 Å². The first kappa shape index (κ1) is 14.4. The number of benzene rings is 1. The number of amides is 1. The number of rotatable bonds is 5. The number of carboxylic acid groups (broad SMARTS) is 1. The highest BCUT2D eigenvalue weighted by Crippen LogP contribution is 2.31. The van der Waals surface area contributed by atoms with Crippen molar-refractivity contribution in [3.05, 3.63) is 29.3 Å². The Hall–Kier alpha value is -1.99. The van der Waals surface area contributed by atoms with Crippen molar-refractivity contribution in [3.8, 4) is 10.6 Å². The molecule has 1 amide bonds. The highest BCUT2D eigenvalue weighted by molar-refractivity contribution is 7.18. The molecule has 0 fully saturated rings. The van der Waals surface area contributed by atoms with E-state index in [0.29, 0.717) is 15.2 Å². The molecule has 2 N–H and O–H groups in total. The van der Waals surface area contributed by atoms with E-state index < -0.39 is 11.9 Å². The van der Waals surface area contributed by atoms with Crippen molar-refractivity contribution in [2.75, 3.05) is 5.32 Å². The molecule has 0 aliphatic carbocycles. The van der Waals surface area contributed by atoms with Crippen molar-refractivity contribution < 1.29 is 14.7 Å². The zero-order chi connectivity index (χ0) is 14.5. The first-order chi connectivity index (χ1) is 9.56. The Morgan fingerprint density at radius 1 is 1.25 bits per heavy atom. The Morgan fingerprint density at radius 3 is 2.70 bits per heavy atom. The molecule has 0 aliphatic rings. The van der Waals surface area contributed by atoms with Crippen LogP contribution in [0.5, 0.6) is 0 Å². The number of hydrogen-bond donors (Lipinski definition) is 2. The van der Waals surface area contributed by atoms with Crippen LogP contribution in [0.4, 0.5) is 5.13 Å². The molecule has 20 heavy (non-hydrogen) atoms. The minimum absolute atomic E-state index is 0.101. The molecule has 104 valence electrons. The summed E-state index contributed by atoms with van der Waals surface area (Å²) in [4.78, 5) is 21.8. The molecule has 0 radical (unpaired) electrons. The summed E-state index contributed by atoms with van der Waals surface area (Å²) in [6.07, 6.45) is -0.321. The van der Waals surface area contributed by atoms with Crippen LogP contribution in [0.25, 0.3) is 10.6 Å². The largest absolute Gasteiger partial charge is 0.481 e. The maximum atomic E-state index is 11.5. The van der Waals surface area contributed by atoms with Gasteiger partial charge in [0, 0.05) is 12.0 Å². The summed E-state index contributed by atoms with van der Waals surface area (Å²) in [5, 5.41) is 20.2. The van der Waals surface area contributed by atoms with E-state index >= 15 is 0 Å². The summed E-state index contributed by atoms with van der Waals surface area (Å²) in [7, 11) is 0. The van der Waals surface area contributed by atoms with Gasteiger partial charge in [0.2, 0.25) is 11.0 Å². The molecule has 2 rings (SSSR count). The lowest BCUT2D eigenvalue weighted by Gasteiger charge is -1.98. The van der Waals surface area contributed by atoms with Crippen LogP contribution < -0.4 is 5.32 Å². The molecule has 0 saturated heterocycles. The smallest absolute Gasteiger partial charge is 0.303 e. The zero-order valence-electron chi connectivity index (χ0n) is 10.2. The predicted molar refractivity (Wildman–Crippen MR) is 75.9 cm³/mol. The second kappa shape index (κ2) is 6.44. The number of nitrogens with zero attached hydrogens (tertiary/aromatic N) is 2. The molecule has 8 heteroatoms. The number of carbonyl (C=O) groups excluding carboxylic acids is 1. The van der Waals surface area contributed by atoms with Gasteiger partial charge in [-0.1, -0.05) is 41.1 Å². The third-order valence-electron chi connectivity index (χ3n) is 2.34. The molecular weight excluding hydrogens is 302 g/mol. The highest BCUT2D eigenvalue weighted by atomic mass is 35.5. The van der Waals surface area contributed by atoms with Gasteiger partial charge in [0.05, 0.1) is 11.4 Å². The third-order valence-corrected chi connectivity index (χ3v) is 3.54. The molecular formula is C12H10ClN3O3S. The number of carboxylic acids is 1. The number of carbonyl (C=O) groups is 2. The summed E-state index contributed by atoms with van der Waals surface area (Å²) in [6, 6.07) is 7.18. The van der Waals surface area contributed by atoms with Gasteiger partial charge in [0.1, 0.15) is 0 Å². The molecule has 6 nitrogen and oxygen atoms in total. The summed E-state index contributed by atoms with van der Waals surface area (Å²) >= 11 is 7.22. The number of nitrogens with one attached hydrogen (secondary N) is 1. The number of anilines is 1. The van der Waals surface area contributed by atoms with Gasteiger partial charge in [-0.05, 0) is 6.07 Å². The van der Waals surface area contributed by atoms with Gasteiger partial charge in [-0.25, -0.2) is 0 Å². The Kier molecular flexibility index (Phi) is 4.65. The van der Waals surface area contributed by atoms with E-state index in [1.165, 1.54) is 11.3 Å². The van der Waals surface area contributed by atoms with E-state index in [4.69, 9.17) is 16.7 Å². The van der Waals surface area contributed by atoms with Crippen molar-refractivity contribution >= 4 is 39.9 Å². The van der Waals surface area contributed by atoms with Gasteiger partial charge >= 0.3 is 5.97 Å². The van der Waals surface area contributed by atoms with Crippen LogP contribution >= 0.6 is 22.9 Å². The minimum Gasteiger partial charge on any atom is -0.481 e. The second-order valence-corrected chi connectivity index (χ2v) is 5.22. The van der Waals surface area contributed by atoms with Gasteiger partial charge in [-0.15, -0.1) is 10.2 Å². The van der Waals surface area contributed by atoms with E-state index in [0.717, 1.165) is 5.56 Å². The molecule has 1 aromatic carbocycles. The fourth-order valence-electron chi connectivity index (χ4n) is 1.42. The van der Waals surface area contributed by atoms with Crippen LogP contribution in [0.2, 0.25) is 5.02 Å². The Bertz CT molecular complexity index is 644. The van der Waals surface area contributed by atoms with Gasteiger partial charge < -0.3 is 10.4 Å². The van der Waals surface area contributed by atoms with Crippen LogP contribution in [0.15, 0.2) is 24.3 Å². The van der Waals surface area contributed by atoms with E-state index in [1.807, 2.05) is 12.1 Å². The van der Waals surface area contributed by atoms with Gasteiger partial charge in [0.25, 0.3) is 0 Å². The molecule has 0 spiro atoms. The van der Waals surface area contributed by atoms with Crippen molar-refractivity contribution in [1.82, 2.24) is 10.2 Å². The summed E-state index contributed by atoms with van der Waals surface area (Å²) in [5.41, 5.74) is 0.734. The summed E-state index contributed by atoms with van der Waals surface area (Å²) < 4.78 is 0. The first-order valence-corrected chi connectivity index (χ1v) is 6.86. The second-order valence-electron chi connectivity index (χ2n) is 3.83.